The lowest BCUT2D eigenvalue weighted by molar-refractivity contribution is 0.350. The van der Waals surface area contributed by atoms with Crippen LogP contribution in [0.1, 0.15) is 29.5 Å². The quantitative estimate of drug-likeness (QED) is 0.616. The van der Waals surface area contributed by atoms with Crippen LogP contribution in [0.5, 0.6) is 11.5 Å². The average molecular weight is 278 g/mol. The van der Waals surface area contributed by atoms with Crippen molar-refractivity contribution in [1.82, 2.24) is 0 Å². The van der Waals surface area contributed by atoms with Crippen molar-refractivity contribution in [2.75, 3.05) is 13.2 Å². The Balaban J connectivity index is 2.03. The Bertz CT molecular complexity index is 595. The molecule has 1 fully saturated rings. The predicted octanol–water partition coefficient (Wildman–Crippen LogP) is 2.53. The first-order chi connectivity index (χ1) is 9.27. The molecule has 0 amide bonds. The zero-order valence-electron chi connectivity index (χ0n) is 10.3. The Morgan fingerprint density at radius 2 is 1.79 bits per heavy atom. The predicted molar refractivity (Wildman–Crippen MR) is 68.9 cm³/mol. The number of hydrogen-bond donors (Lipinski definition) is 0. The molecule has 0 spiro atoms. The van der Waals surface area contributed by atoms with E-state index in [1.165, 1.54) is 0 Å². The van der Waals surface area contributed by atoms with Gasteiger partial charge in [-0.2, -0.15) is 4.99 Å². The van der Waals surface area contributed by atoms with Gasteiger partial charge in [-0.05, 0) is 12.8 Å². The number of aliphatic imine (C=N–C) groups is 1. The minimum atomic E-state index is -0.432. The van der Waals surface area contributed by atoms with Crippen LogP contribution in [0.2, 0.25) is 5.02 Å². The van der Waals surface area contributed by atoms with Gasteiger partial charge >= 0.3 is 0 Å². The second-order valence-corrected chi connectivity index (χ2v) is 5.61. The Hall–Kier alpha value is -1.51. The molecule has 1 aliphatic carbocycles. The molecule has 1 aromatic rings. The summed E-state index contributed by atoms with van der Waals surface area (Å²) in [6, 6.07) is 0. The second kappa shape index (κ2) is 3.75. The molecule has 0 atom stereocenters. The number of rotatable bonds is 2. The number of hydrogen-bond acceptors (Lipinski definition) is 4. The third kappa shape index (κ3) is 1.41. The van der Waals surface area contributed by atoms with Gasteiger partial charge in [-0.1, -0.05) is 11.6 Å². The highest BCUT2D eigenvalue weighted by atomic mass is 35.5. The van der Waals surface area contributed by atoms with Crippen LogP contribution in [0.15, 0.2) is 4.99 Å². The van der Waals surface area contributed by atoms with E-state index in [4.69, 9.17) is 21.1 Å². The number of benzene rings is 1. The van der Waals surface area contributed by atoms with Gasteiger partial charge in [-0.25, -0.2) is 4.79 Å². The SMILES string of the molecule is O=C=NC1(c2c3c(c(Cl)c4c2OCC4)OCC3)CC1. The highest BCUT2D eigenvalue weighted by molar-refractivity contribution is 6.33. The largest absolute Gasteiger partial charge is 0.492 e. The number of carbonyl (C=O) groups excluding carboxylic acids is 1. The van der Waals surface area contributed by atoms with Gasteiger partial charge in [0.05, 0.1) is 18.2 Å². The van der Waals surface area contributed by atoms with Gasteiger partial charge in [-0.15, -0.1) is 0 Å². The normalized spacial score (nSPS) is 20.9. The maximum Gasteiger partial charge on any atom is 0.235 e. The monoisotopic (exact) mass is 277 g/mol. The van der Waals surface area contributed by atoms with Gasteiger partial charge in [0.15, 0.2) is 0 Å². The van der Waals surface area contributed by atoms with E-state index in [0.717, 1.165) is 53.9 Å². The molecule has 0 saturated heterocycles. The Morgan fingerprint density at radius 1 is 1.11 bits per heavy atom. The summed E-state index contributed by atoms with van der Waals surface area (Å²) in [6.07, 6.45) is 5.04. The molecule has 0 radical (unpaired) electrons. The van der Waals surface area contributed by atoms with Crippen molar-refractivity contribution in [3.05, 3.63) is 21.7 Å². The number of ether oxygens (including phenoxy) is 2. The van der Waals surface area contributed by atoms with E-state index in [-0.39, 0.29) is 0 Å². The first kappa shape index (κ1) is 11.3. The van der Waals surface area contributed by atoms with Crippen molar-refractivity contribution in [2.45, 2.75) is 31.2 Å². The minimum absolute atomic E-state index is 0.432. The first-order valence-electron chi connectivity index (χ1n) is 6.49. The third-order valence-corrected chi connectivity index (χ3v) is 4.59. The molecule has 0 bridgehead atoms. The summed E-state index contributed by atoms with van der Waals surface area (Å²) >= 11 is 6.41. The lowest BCUT2D eigenvalue weighted by atomic mass is 9.93. The Kier molecular flexibility index (Phi) is 2.23. The van der Waals surface area contributed by atoms with Gasteiger partial charge in [-0.3, -0.25) is 0 Å². The minimum Gasteiger partial charge on any atom is -0.492 e. The molecule has 3 aliphatic rings. The summed E-state index contributed by atoms with van der Waals surface area (Å²) < 4.78 is 11.4. The van der Waals surface area contributed by atoms with Crippen molar-refractivity contribution < 1.29 is 14.3 Å². The zero-order valence-corrected chi connectivity index (χ0v) is 11.0. The van der Waals surface area contributed by atoms with Crippen molar-refractivity contribution >= 4 is 17.7 Å². The van der Waals surface area contributed by atoms with Crippen molar-refractivity contribution in [2.24, 2.45) is 4.99 Å². The van der Waals surface area contributed by atoms with E-state index < -0.39 is 5.54 Å². The average Bonchev–Trinajstić information content (AvgIpc) is 2.85. The van der Waals surface area contributed by atoms with Gasteiger partial charge in [0, 0.05) is 29.5 Å². The van der Waals surface area contributed by atoms with Crippen LogP contribution in [0.25, 0.3) is 0 Å². The fraction of sp³-hybridized carbons (Fsp3) is 0.500. The van der Waals surface area contributed by atoms with E-state index >= 15 is 0 Å². The summed E-state index contributed by atoms with van der Waals surface area (Å²) in [4.78, 5) is 14.7. The standard InChI is InChI=1S/C14H12ClNO3/c15-11-9-2-6-18-12(9)10(8-1-5-19-13(8)11)14(3-4-14)16-7-17/h1-6H2. The highest BCUT2D eigenvalue weighted by Gasteiger charge is 2.51. The summed E-state index contributed by atoms with van der Waals surface area (Å²) in [6.45, 7) is 1.26. The molecule has 1 saturated carbocycles. The topological polar surface area (TPSA) is 47.9 Å². The molecule has 0 N–H and O–H groups in total. The van der Waals surface area contributed by atoms with Crippen LogP contribution in [0, 0.1) is 0 Å². The van der Waals surface area contributed by atoms with E-state index in [1.807, 2.05) is 0 Å². The number of halogens is 1. The molecular formula is C14H12ClNO3. The fourth-order valence-electron chi connectivity index (χ4n) is 3.17. The Labute approximate surface area is 115 Å². The maximum absolute atomic E-state index is 10.7. The van der Waals surface area contributed by atoms with E-state index in [0.29, 0.717) is 18.2 Å². The molecule has 2 aliphatic heterocycles. The molecule has 2 heterocycles. The lowest BCUT2D eigenvalue weighted by Crippen LogP contribution is -2.09. The van der Waals surface area contributed by atoms with Crippen LogP contribution < -0.4 is 9.47 Å². The fourth-order valence-corrected chi connectivity index (χ4v) is 3.52. The molecule has 1 aromatic carbocycles. The van der Waals surface area contributed by atoms with E-state index in [9.17, 15) is 4.79 Å². The van der Waals surface area contributed by atoms with Crippen molar-refractivity contribution in [3.8, 4) is 11.5 Å². The van der Waals surface area contributed by atoms with E-state index in [1.54, 1.807) is 6.08 Å². The molecule has 4 nitrogen and oxygen atoms in total. The molecule has 98 valence electrons. The molecular weight excluding hydrogens is 266 g/mol. The van der Waals surface area contributed by atoms with Gasteiger partial charge < -0.3 is 9.47 Å². The van der Waals surface area contributed by atoms with E-state index in [2.05, 4.69) is 4.99 Å². The van der Waals surface area contributed by atoms with Crippen molar-refractivity contribution in [1.29, 1.82) is 0 Å². The lowest BCUT2D eigenvalue weighted by Gasteiger charge is -2.18. The molecule has 0 aromatic heterocycles. The van der Waals surface area contributed by atoms with Crippen LogP contribution in [0.4, 0.5) is 0 Å². The number of fused-ring (bicyclic) bond motifs is 2. The summed E-state index contributed by atoms with van der Waals surface area (Å²) in [5, 5.41) is 0.676. The third-order valence-electron chi connectivity index (χ3n) is 4.19. The molecule has 5 heteroatoms. The number of isocyanates is 1. The summed E-state index contributed by atoms with van der Waals surface area (Å²) in [7, 11) is 0. The molecule has 19 heavy (non-hydrogen) atoms. The number of nitrogens with zero attached hydrogens (tertiary/aromatic N) is 1. The zero-order chi connectivity index (χ0) is 13.0. The smallest absolute Gasteiger partial charge is 0.235 e. The summed E-state index contributed by atoms with van der Waals surface area (Å²) in [5.41, 5.74) is 2.67. The highest BCUT2D eigenvalue weighted by Crippen LogP contribution is 2.59. The summed E-state index contributed by atoms with van der Waals surface area (Å²) in [5.74, 6) is 1.61. The van der Waals surface area contributed by atoms with Crippen LogP contribution in [-0.2, 0) is 23.2 Å². The Morgan fingerprint density at radius 3 is 2.47 bits per heavy atom. The molecule has 4 rings (SSSR count). The second-order valence-electron chi connectivity index (χ2n) is 5.24. The van der Waals surface area contributed by atoms with Gasteiger partial charge in [0.25, 0.3) is 0 Å². The van der Waals surface area contributed by atoms with Crippen LogP contribution in [-0.4, -0.2) is 19.3 Å². The van der Waals surface area contributed by atoms with Gasteiger partial charge in [0.2, 0.25) is 6.08 Å². The van der Waals surface area contributed by atoms with Crippen LogP contribution >= 0.6 is 11.6 Å². The maximum atomic E-state index is 10.7. The first-order valence-corrected chi connectivity index (χ1v) is 6.87. The molecule has 0 unspecified atom stereocenters. The van der Waals surface area contributed by atoms with Crippen LogP contribution in [0.3, 0.4) is 0 Å². The van der Waals surface area contributed by atoms with Crippen molar-refractivity contribution in [3.63, 3.8) is 0 Å². The van der Waals surface area contributed by atoms with Gasteiger partial charge in [0.1, 0.15) is 17.0 Å².